The van der Waals surface area contributed by atoms with E-state index in [1.165, 1.54) is 0 Å². The zero-order chi connectivity index (χ0) is 7.84. The molecule has 0 saturated heterocycles. The van der Waals surface area contributed by atoms with Crippen molar-refractivity contribution in [1.82, 2.24) is 15.1 Å². The Hall–Kier alpha value is -1.10. The van der Waals surface area contributed by atoms with Gasteiger partial charge in [0, 0.05) is 4.47 Å². The normalized spacial score (nSPS) is 10.6. The van der Waals surface area contributed by atoms with Crippen LogP contribution < -0.4 is 5.84 Å². The second-order valence-corrected chi connectivity index (χ2v) is 3.07. The van der Waals surface area contributed by atoms with Gasteiger partial charge in [-0.05, 0) is 18.2 Å². The molecule has 5 heteroatoms. The lowest BCUT2D eigenvalue weighted by molar-refractivity contribution is 0.720. The van der Waals surface area contributed by atoms with Crippen LogP contribution in [0, 0.1) is 0 Å². The summed E-state index contributed by atoms with van der Waals surface area (Å²) in [7, 11) is 0. The summed E-state index contributed by atoms with van der Waals surface area (Å²) in [5.41, 5.74) is 1.59. The van der Waals surface area contributed by atoms with Crippen LogP contribution in [0.1, 0.15) is 0 Å². The molecule has 4 nitrogen and oxygen atoms in total. The zero-order valence-corrected chi connectivity index (χ0v) is 7.12. The molecule has 0 aliphatic rings. The van der Waals surface area contributed by atoms with Gasteiger partial charge in [0.05, 0.1) is 0 Å². The number of nitrogens with zero attached hydrogens (tertiary/aromatic N) is 3. The molecule has 56 valence electrons. The average molecular weight is 213 g/mol. The Morgan fingerprint density at radius 2 is 2.00 bits per heavy atom. The lowest BCUT2D eigenvalue weighted by Crippen LogP contribution is -2.11. The number of nitrogen functional groups attached to an aromatic ring is 1. The third kappa shape index (κ3) is 1.07. The fourth-order valence-electron chi connectivity index (χ4n) is 0.904. The van der Waals surface area contributed by atoms with Gasteiger partial charge in [-0.1, -0.05) is 20.8 Å². The highest BCUT2D eigenvalue weighted by Crippen LogP contribution is 2.15. The van der Waals surface area contributed by atoms with Gasteiger partial charge in [0.15, 0.2) is 0 Å². The van der Waals surface area contributed by atoms with Crippen molar-refractivity contribution in [2.24, 2.45) is 0 Å². The first-order valence-electron chi connectivity index (χ1n) is 3.03. The van der Waals surface area contributed by atoms with Gasteiger partial charge < -0.3 is 5.84 Å². The fourth-order valence-corrected chi connectivity index (χ4v) is 1.25. The monoisotopic (exact) mass is 212 g/mol. The summed E-state index contributed by atoms with van der Waals surface area (Å²) in [5, 5.41) is 7.84. The van der Waals surface area contributed by atoms with Gasteiger partial charge in [0.1, 0.15) is 11.0 Å². The first kappa shape index (κ1) is 6.60. The van der Waals surface area contributed by atoms with Gasteiger partial charge in [-0.15, -0.1) is 10.2 Å². The fraction of sp³-hybridized carbons (Fsp3) is 0. The minimum Gasteiger partial charge on any atom is -0.306 e. The number of aromatic nitrogens is 3. The van der Waals surface area contributed by atoms with Crippen molar-refractivity contribution in [1.29, 1.82) is 0 Å². The number of nitrogens with two attached hydrogens (primary N) is 1. The summed E-state index contributed by atoms with van der Waals surface area (Å²) in [6.07, 6.45) is 0. The zero-order valence-electron chi connectivity index (χ0n) is 5.53. The van der Waals surface area contributed by atoms with Crippen LogP contribution in [0.15, 0.2) is 22.7 Å². The van der Waals surface area contributed by atoms with Crippen LogP contribution in [-0.4, -0.2) is 15.1 Å². The number of fused-ring (bicyclic) bond motifs is 1. The number of hydrogen-bond donors (Lipinski definition) is 1. The number of halogens is 1. The van der Waals surface area contributed by atoms with Crippen molar-refractivity contribution in [2.45, 2.75) is 0 Å². The van der Waals surface area contributed by atoms with Gasteiger partial charge in [0.25, 0.3) is 0 Å². The molecule has 1 aromatic heterocycles. The number of benzene rings is 1. The van der Waals surface area contributed by atoms with Crippen LogP contribution in [0.3, 0.4) is 0 Å². The van der Waals surface area contributed by atoms with Gasteiger partial charge in [-0.3, -0.25) is 0 Å². The Morgan fingerprint density at radius 3 is 2.82 bits per heavy atom. The van der Waals surface area contributed by atoms with Gasteiger partial charge in [0.2, 0.25) is 0 Å². The molecule has 0 unspecified atom stereocenters. The molecule has 1 aromatic carbocycles. The number of rotatable bonds is 0. The predicted octanol–water partition coefficient (Wildman–Crippen LogP) is 0.908. The largest absolute Gasteiger partial charge is 0.306 e. The van der Waals surface area contributed by atoms with Crippen LogP contribution in [0.25, 0.3) is 11.0 Å². The van der Waals surface area contributed by atoms with Crippen LogP contribution in [0.4, 0.5) is 0 Å². The molecule has 0 radical (unpaired) electrons. The Morgan fingerprint density at radius 1 is 1.27 bits per heavy atom. The maximum absolute atomic E-state index is 5.32. The molecule has 2 aromatic rings. The van der Waals surface area contributed by atoms with Crippen molar-refractivity contribution in [3.05, 3.63) is 22.7 Å². The Balaban J connectivity index is 2.82. The van der Waals surface area contributed by atoms with Crippen LogP contribution in [0.5, 0.6) is 0 Å². The third-order valence-corrected chi connectivity index (χ3v) is 1.85. The quantitative estimate of drug-likeness (QED) is 0.661. The molecule has 0 aliphatic heterocycles. The van der Waals surface area contributed by atoms with Gasteiger partial charge >= 0.3 is 0 Å². The molecule has 0 atom stereocenters. The van der Waals surface area contributed by atoms with E-state index < -0.39 is 0 Å². The molecule has 1 heterocycles. The molecule has 0 fully saturated rings. The second-order valence-electron chi connectivity index (χ2n) is 2.15. The average Bonchev–Trinajstić information content (AvgIpc) is 2.27. The highest BCUT2D eigenvalue weighted by molar-refractivity contribution is 9.10. The molecular formula is C6H5BrN4. The van der Waals surface area contributed by atoms with Crippen molar-refractivity contribution in [3.63, 3.8) is 0 Å². The lowest BCUT2D eigenvalue weighted by Gasteiger charge is -1.85. The van der Waals surface area contributed by atoms with E-state index in [0.29, 0.717) is 0 Å². The Kier molecular flexibility index (Phi) is 1.32. The smallest absolute Gasteiger partial charge is 0.116 e. The van der Waals surface area contributed by atoms with E-state index in [4.69, 9.17) is 5.84 Å². The van der Waals surface area contributed by atoms with Crippen molar-refractivity contribution in [2.75, 3.05) is 5.84 Å². The van der Waals surface area contributed by atoms with E-state index in [9.17, 15) is 0 Å². The van der Waals surface area contributed by atoms with Crippen LogP contribution >= 0.6 is 15.9 Å². The second kappa shape index (κ2) is 2.20. The van der Waals surface area contributed by atoms with E-state index in [2.05, 4.69) is 26.1 Å². The van der Waals surface area contributed by atoms with Gasteiger partial charge in [-0.2, -0.15) is 0 Å². The molecule has 0 amide bonds. The third-order valence-electron chi connectivity index (χ3n) is 1.36. The summed E-state index contributed by atoms with van der Waals surface area (Å²) < 4.78 is 0.977. The van der Waals surface area contributed by atoms with Crippen molar-refractivity contribution < 1.29 is 0 Å². The van der Waals surface area contributed by atoms with E-state index in [0.717, 1.165) is 20.4 Å². The molecule has 0 spiro atoms. The van der Waals surface area contributed by atoms with Crippen LogP contribution in [-0.2, 0) is 0 Å². The maximum Gasteiger partial charge on any atom is 0.116 e. The standard InChI is InChI=1S/C6H5BrN4/c7-4-1-2-5-6(3-4)10-11(8)9-5/h1-3H,8H2. The van der Waals surface area contributed by atoms with E-state index in [1.54, 1.807) is 0 Å². The van der Waals surface area contributed by atoms with Gasteiger partial charge in [-0.25, -0.2) is 0 Å². The van der Waals surface area contributed by atoms with E-state index in [-0.39, 0.29) is 0 Å². The summed E-state index contributed by atoms with van der Waals surface area (Å²) in [5.74, 6) is 5.32. The molecule has 2 N–H and O–H groups in total. The Bertz CT molecular complexity index is 394. The molecule has 11 heavy (non-hydrogen) atoms. The first-order chi connectivity index (χ1) is 5.25. The van der Waals surface area contributed by atoms with E-state index in [1.807, 2.05) is 18.2 Å². The minimum absolute atomic E-state index is 0.793. The highest BCUT2D eigenvalue weighted by atomic mass is 79.9. The number of hydrogen-bond acceptors (Lipinski definition) is 3. The van der Waals surface area contributed by atoms with Crippen LogP contribution in [0.2, 0.25) is 0 Å². The minimum atomic E-state index is 0.793. The van der Waals surface area contributed by atoms with Crippen molar-refractivity contribution >= 4 is 27.0 Å². The summed E-state index contributed by atoms with van der Waals surface area (Å²) in [6, 6.07) is 5.62. The first-order valence-corrected chi connectivity index (χ1v) is 3.83. The van der Waals surface area contributed by atoms with Crippen molar-refractivity contribution in [3.8, 4) is 0 Å². The topological polar surface area (TPSA) is 56.7 Å². The summed E-state index contributed by atoms with van der Waals surface area (Å²) in [4.78, 5) is 1.07. The maximum atomic E-state index is 5.32. The van der Waals surface area contributed by atoms with E-state index >= 15 is 0 Å². The molecule has 0 saturated carbocycles. The lowest BCUT2D eigenvalue weighted by atomic mass is 10.3. The summed E-state index contributed by atoms with van der Waals surface area (Å²) in [6.45, 7) is 0. The SMILES string of the molecule is Nn1nc2ccc(Br)cc2n1. The summed E-state index contributed by atoms with van der Waals surface area (Å²) >= 11 is 3.32. The highest BCUT2D eigenvalue weighted by Gasteiger charge is 1.98. The predicted molar refractivity (Wildman–Crippen MR) is 45.4 cm³/mol. The Labute approximate surface area is 71.1 Å². The molecule has 2 rings (SSSR count). The molecular weight excluding hydrogens is 208 g/mol. The molecule has 0 aliphatic carbocycles. The molecule has 0 bridgehead atoms.